The Balaban J connectivity index is 0.00000289. The monoisotopic (exact) mass is 656 g/mol. The van der Waals surface area contributed by atoms with Gasteiger partial charge in [0.2, 0.25) is 0 Å². The minimum Gasteiger partial charge on any atom is -0.500 e. The summed E-state index contributed by atoms with van der Waals surface area (Å²) in [6.45, 7) is 2.10. The molecule has 1 aromatic heterocycles. The number of aryl methyl sites for hydroxylation is 1. The van der Waals surface area contributed by atoms with Crippen LogP contribution in [0, 0.1) is 18.8 Å². The van der Waals surface area contributed by atoms with Crippen LogP contribution in [0.4, 0.5) is 22.7 Å². The van der Waals surface area contributed by atoms with Gasteiger partial charge in [-0.15, -0.1) is 53.8 Å². The summed E-state index contributed by atoms with van der Waals surface area (Å²) >= 11 is 0. The number of hydrogen-bond acceptors (Lipinski definition) is 4. The van der Waals surface area contributed by atoms with Crippen LogP contribution in [-0.4, -0.2) is 16.4 Å². The number of hydrogen-bond donors (Lipinski definition) is 0. The Morgan fingerprint density at radius 1 is 0.659 bits per heavy atom. The van der Waals surface area contributed by atoms with Gasteiger partial charge in [0.25, 0.3) is 0 Å². The summed E-state index contributed by atoms with van der Waals surface area (Å²) in [7, 11) is 2.03. The molecule has 3 aliphatic heterocycles. The zero-order chi connectivity index (χ0) is 28.5. The molecule has 0 aliphatic carbocycles. The molecule has 0 bridgehead atoms. The average molecular weight is 657 g/mol. The van der Waals surface area contributed by atoms with Gasteiger partial charge in [-0.25, -0.2) is 0 Å². The molecule has 0 radical (unpaired) electrons. The van der Waals surface area contributed by atoms with E-state index in [1.54, 1.807) is 0 Å². The Hall–Kier alpha value is -4.82. The van der Waals surface area contributed by atoms with E-state index in [1.807, 2.05) is 30.1 Å². The van der Waals surface area contributed by atoms with Crippen LogP contribution in [-0.2, 0) is 27.5 Å². The number of rotatable bonds is 3. The van der Waals surface area contributed by atoms with Crippen molar-refractivity contribution in [3.8, 4) is 33.6 Å². The summed E-state index contributed by atoms with van der Waals surface area (Å²) in [4.78, 5) is 11.4. The zero-order valence-corrected chi connectivity index (χ0v) is 25.4. The Kier molecular flexibility index (Phi) is 6.34. The van der Waals surface area contributed by atoms with Crippen molar-refractivity contribution in [2.24, 2.45) is 7.05 Å². The predicted molar refractivity (Wildman–Crippen MR) is 176 cm³/mol. The van der Waals surface area contributed by atoms with Gasteiger partial charge in [0.05, 0.1) is 5.82 Å². The molecule has 0 saturated carbocycles. The SMILES string of the molecule is Cn1ccnc1-c1[c-]c2c(cc1)-c1ccccc1B1c3ccccc3-c3ccc(N4C=CN(c5ccccc5)[CH-]4)[c-]c3N12.[Pd]. The van der Waals surface area contributed by atoms with E-state index in [4.69, 9.17) is 0 Å². The molecule has 0 unspecified atom stereocenters. The second-order valence-electron chi connectivity index (χ2n) is 11.1. The minimum absolute atomic E-state index is 0. The maximum atomic E-state index is 4.64. The van der Waals surface area contributed by atoms with Crippen molar-refractivity contribution in [3.05, 3.63) is 147 Å². The van der Waals surface area contributed by atoms with Crippen molar-refractivity contribution in [3.63, 3.8) is 0 Å². The van der Waals surface area contributed by atoms with Crippen LogP contribution in [0.3, 0.4) is 0 Å². The maximum Gasteiger partial charge on any atom is 0.324 e. The number of fused-ring (bicyclic) bond motifs is 11. The van der Waals surface area contributed by atoms with E-state index >= 15 is 0 Å². The third-order valence-corrected chi connectivity index (χ3v) is 8.70. The first-order valence-corrected chi connectivity index (χ1v) is 14.5. The van der Waals surface area contributed by atoms with Gasteiger partial charge in [-0.2, -0.15) is 6.07 Å². The Morgan fingerprint density at radius 3 is 2.00 bits per heavy atom. The van der Waals surface area contributed by atoms with Crippen LogP contribution in [0.15, 0.2) is 128 Å². The number of para-hydroxylation sites is 1. The molecule has 3 aliphatic rings. The summed E-state index contributed by atoms with van der Waals surface area (Å²) in [5.41, 5.74) is 12.5. The number of anilines is 4. The van der Waals surface area contributed by atoms with Crippen LogP contribution >= 0.6 is 0 Å². The van der Waals surface area contributed by atoms with Crippen molar-refractivity contribution in [2.75, 3.05) is 14.6 Å². The largest absolute Gasteiger partial charge is 0.500 e. The van der Waals surface area contributed by atoms with Crippen molar-refractivity contribution >= 4 is 40.5 Å². The molecule has 44 heavy (non-hydrogen) atoms. The molecule has 5 aromatic carbocycles. The van der Waals surface area contributed by atoms with Crippen LogP contribution in [0.1, 0.15) is 0 Å². The first-order chi connectivity index (χ1) is 21.2. The smallest absolute Gasteiger partial charge is 0.324 e. The Morgan fingerprint density at radius 2 is 1.30 bits per heavy atom. The third kappa shape index (κ3) is 4.01. The molecule has 0 spiro atoms. The zero-order valence-electron chi connectivity index (χ0n) is 23.8. The van der Waals surface area contributed by atoms with Gasteiger partial charge in [0, 0.05) is 45.6 Å². The van der Waals surface area contributed by atoms with E-state index < -0.39 is 0 Å². The quantitative estimate of drug-likeness (QED) is 0.161. The Bertz CT molecular complexity index is 2070. The molecule has 0 amide bonds. The number of aromatic nitrogens is 2. The fraction of sp³-hybridized carbons (Fsp3) is 0.0270. The number of imidazole rings is 1. The standard InChI is InChI=1S/C37H25BN5.Pd/c1-40-20-19-39-37(40)26-15-17-31-29-11-5-7-13-33(29)38-34-14-8-6-12-30(34)32-18-16-28(24-36(32)43(38)35(31)23-26)42-22-21-41(25-42)27-9-3-2-4-10-27;/h2-22,25H,1H3;/q-3;. The van der Waals surface area contributed by atoms with Crippen molar-refractivity contribution in [1.29, 1.82) is 0 Å². The molecule has 214 valence electrons. The molecular weight excluding hydrogens is 632 g/mol. The van der Waals surface area contributed by atoms with Crippen LogP contribution < -0.4 is 25.5 Å². The molecule has 0 saturated heterocycles. The number of benzene rings is 5. The van der Waals surface area contributed by atoms with Gasteiger partial charge in [-0.1, -0.05) is 106 Å². The molecule has 7 heteroatoms. The van der Waals surface area contributed by atoms with Crippen molar-refractivity contribution in [2.45, 2.75) is 0 Å². The van der Waals surface area contributed by atoms with Gasteiger partial charge in [-0.05, 0) is 24.5 Å². The summed E-state index contributed by atoms with van der Waals surface area (Å²) in [6, 6.07) is 44.4. The molecule has 4 heterocycles. The maximum absolute atomic E-state index is 4.64. The third-order valence-electron chi connectivity index (χ3n) is 8.70. The van der Waals surface area contributed by atoms with E-state index in [1.165, 1.54) is 27.6 Å². The fourth-order valence-electron chi connectivity index (χ4n) is 6.70. The minimum atomic E-state index is -0.00862. The Labute approximate surface area is 271 Å². The van der Waals surface area contributed by atoms with E-state index in [0.717, 1.165) is 39.7 Å². The van der Waals surface area contributed by atoms with Crippen LogP contribution in [0.2, 0.25) is 0 Å². The molecule has 0 atom stereocenters. The molecule has 0 N–H and O–H groups in total. The van der Waals surface area contributed by atoms with Crippen molar-refractivity contribution < 1.29 is 20.4 Å². The van der Waals surface area contributed by atoms with Gasteiger partial charge in [0.1, 0.15) is 0 Å². The van der Waals surface area contributed by atoms with Gasteiger partial charge in [0.15, 0.2) is 0 Å². The molecule has 5 nitrogen and oxygen atoms in total. The average Bonchev–Trinajstić information content (AvgIpc) is 3.74. The van der Waals surface area contributed by atoms with Crippen LogP contribution in [0.5, 0.6) is 0 Å². The van der Waals surface area contributed by atoms with Gasteiger partial charge in [-0.3, -0.25) is 4.98 Å². The molecular formula is C37H25BN5Pd-3. The van der Waals surface area contributed by atoms with Crippen LogP contribution in [0.25, 0.3) is 33.6 Å². The predicted octanol–water partition coefficient (Wildman–Crippen LogP) is 6.51. The first kappa shape index (κ1) is 26.8. The first-order valence-electron chi connectivity index (χ1n) is 14.5. The summed E-state index contributed by atoms with van der Waals surface area (Å²) in [5.74, 6) is 0.895. The van der Waals surface area contributed by atoms with E-state index in [0.29, 0.717) is 0 Å². The molecule has 9 rings (SSSR count). The van der Waals surface area contributed by atoms with E-state index in [2.05, 4.69) is 148 Å². The second-order valence-corrected chi connectivity index (χ2v) is 11.1. The van der Waals surface area contributed by atoms with Gasteiger partial charge < -0.3 is 19.2 Å². The topological polar surface area (TPSA) is 27.5 Å². The normalized spacial score (nSPS) is 13.9. The summed E-state index contributed by atoms with van der Waals surface area (Å²) in [5, 5.41) is 0. The second kappa shape index (κ2) is 10.4. The number of nitrogens with zero attached hydrogens (tertiary/aromatic N) is 5. The molecule has 6 aromatic rings. The molecule has 0 fully saturated rings. The van der Waals surface area contributed by atoms with Crippen molar-refractivity contribution in [1.82, 2.24) is 9.55 Å². The summed E-state index contributed by atoms with van der Waals surface area (Å²) < 4.78 is 2.05. The van der Waals surface area contributed by atoms with E-state index in [9.17, 15) is 0 Å². The van der Waals surface area contributed by atoms with E-state index in [-0.39, 0.29) is 27.3 Å². The van der Waals surface area contributed by atoms with Gasteiger partial charge >= 0.3 is 6.85 Å². The fourth-order valence-corrected chi connectivity index (χ4v) is 6.70. The summed E-state index contributed by atoms with van der Waals surface area (Å²) in [6.07, 6.45) is 7.99.